The summed E-state index contributed by atoms with van der Waals surface area (Å²) in [6, 6.07) is 9.04. The molecule has 5 heteroatoms. The highest BCUT2D eigenvalue weighted by Crippen LogP contribution is 2.17. The second-order valence-electron chi connectivity index (χ2n) is 4.19. The highest BCUT2D eigenvalue weighted by atomic mass is 32.1. The van der Waals surface area contributed by atoms with Gasteiger partial charge in [-0.3, -0.25) is 4.79 Å². The van der Waals surface area contributed by atoms with Crippen molar-refractivity contribution in [2.75, 3.05) is 0 Å². The zero-order chi connectivity index (χ0) is 13.8. The van der Waals surface area contributed by atoms with Gasteiger partial charge in [0, 0.05) is 5.38 Å². The molecule has 0 radical (unpaired) electrons. The highest BCUT2D eigenvalue weighted by Gasteiger charge is 2.19. The number of carbonyl (C=O) groups is 1. The van der Waals surface area contributed by atoms with Crippen LogP contribution in [0.3, 0.4) is 0 Å². The number of nitrogens with one attached hydrogen (secondary N) is 1. The van der Waals surface area contributed by atoms with Gasteiger partial charge in [-0.05, 0) is 23.4 Å². The van der Waals surface area contributed by atoms with E-state index < -0.39 is 6.04 Å². The zero-order valence-electron chi connectivity index (χ0n) is 10.4. The second kappa shape index (κ2) is 5.95. The second-order valence-corrected chi connectivity index (χ2v) is 5.40. The summed E-state index contributed by atoms with van der Waals surface area (Å²) in [6.07, 6.45) is 0. The maximum absolute atomic E-state index is 12.2. The summed E-state index contributed by atoms with van der Waals surface area (Å²) in [6.45, 7) is 1.91. The minimum atomic E-state index is -0.442. The van der Waals surface area contributed by atoms with Gasteiger partial charge in [-0.15, -0.1) is 0 Å². The number of rotatable bonds is 4. The molecule has 0 aliphatic heterocycles. The van der Waals surface area contributed by atoms with Crippen molar-refractivity contribution in [3.05, 3.63) is 57.8 Å². The van der Waals surface area contributed by atoms with E-state index in [1.807, 2.05) is 48.0 Å². The number of benzene rings is 1. The van der Waals surface area contributed by atoms with Crippen LogP contribution in [0.4, 0.5) is 0 Å². The van der Waals surface area contributed by atoms with Crippen LogP contribution in [0.15, 0.2) is 41.1 Å². The van der Waals surface area contributed by atoms with E-state index in [2.05, 4.69) is 5.32 Å². The first-order valence-electron chi connectivity index (χ1n) is 5.77. The van der Waals surface area contributed by atoms with Gasteiger partial charge in [-0.1, -0.05) is 42.5 Å². The quantitative estimate of drug-likeness (QED) is 0.851. The predicted molar refractivity (Wildman–Crippen MR) is 82.5 cm³/mol. The van der Waals surface area contributed by atoms with E-state index in [-0.39, 0.29) is 10.9 Å². The van der Waals surface area contributed by atoms with Crippen molar-refractivity contribution in [3.63, 3.8) is 0 Å². The van der Waals surface area contributed by atoms with E-state index in [0.29, 0.717) is 5.56 Å². The normalized spacial score (nSPS) is 11.8. The number of thiocarbonyl (C=S) groups is 1. The van der Waals surface area contributed by atoms with E-state index in [0.717, 1.165) is 11.1 Å². The molecule has 2 rings (SSSR count). The van der Waals surface area contributed by atoms with Crippen molar-refractivity contribution in [2.24, 2.45) is 5.73 Å². The molecule has 1 atom stereocenters. The molecule has 1 amide bonds. The summed E-state index contributed by atoms with van der Waals surface area (Å²) >= 11 is 6.55. The third-order valence-corrected chi connectivity index (χ3v) is 3.89. The number of amides is 1. The van der Waals surface area contributed by atoms with Crippen molar-refractivity contribution in [2.45, 2.75) is 13.0 Å². The molecule has 3 N–H and O–H groups in total. The standard InChI is InChI=1S/C14H14N2OS2/c1-9-7-19-8-11(9)14(17)16-12(13(15)18)10-5-3-2-4-6-10/h2-8,12H,1H3,(H2,15,18)(H,16,17). The maximum Gasteiger partial charge on any atom is 0.253 e. The molecule has 0 aliphatic rings. The predicted octanol–water partition coefficient (Wildman–Crippen LogP) is 2.81. The molecule has 2 aromatic rings. The number of carbonyl (C=O) groups excluding carboxylic acids is 1. The van der Waals surface area contributed by atoms with Gasteiger partial charge >= 0.3 is 0 Å². The van der Waals surface area contributed by atoms with Crippen LogP contribution in [0.25, 0.3) is 0 Å². The maximum atomic E-state index is 12.2. The Hall–Kier alpha value is -1.72. The Morgan fingerprint density at radius 3 is 2.53 bits per heavy atom. The molecule has 0 bridgehead atoms. The monoisotopic (exact) mass is 290 g/mol. The summed E-state index contributed by atoms with van der Waals surface area (Å²) in [7, 11) is 0. The van der Waals surface area contributed by atoms with Gasteiger partial charge < -0.3 is 11.1 Å². The smallest absolute Gasteiger partial charge is 0.253 e. The minimum Gasteiger partial charge on any atom is -0.391 e. The van der Waals surface area contributed by atoms with Gasteiger partial charge in [0.25, 0.3) is 5.91 Å². The molecular weight excluding hydrogens is 276 g/mol. The van der Waals surface area contributed by atoms with Gasteiger partial charge in [-0.25, -0.2) is 0 Å². The average molecular weight is 290 g/mol. The number of hydrogen-bond donors (Lipinski definition) is 2. The lowest BCUT2D eigenvalue weighted by molar-refractivity contribution is 0.0946. The summed E-state index contributed by atoms with van der Waals surface area (Å²) in [5.41, 5.74) is 8.24. The van der Waals surface area contributed by atoms with Gasteiger partial charge in [0.05, 0.1) is 5.56 Å². The van der Waals surface area contributed by atoms with Crippen LogP contribution in [0.5, 0.6) is 0 Å². The van der Waals surface area contributed by atoms with E-state index in [1.165, 1.54) is 11.3 Å². The van der Waals surface area contributed by atoms with E-state index in [9.17, 15) is 4.79 Å². The number of aryl methyl sites for hydroxylation is 1. The molecule has 1 unspecified atom stereocenters. The lowest BCUT2D eigenvalue weighted by Gasteiger charge is -2.17. The fourth-order valence-corrected chi connectivity index (χ4v) is 2.79. The first kappa shape index (κ1) is 13.7. The zero-order valence-corrected chi connectivity index (χ0v) is 12.1. The third kappa shape index (κ3) is 3.19. The Bertz CT molecular complexity index is 593. The lowest BCUT2D eigenvalue weighted by atomic mass is 10.1. The van der Waals surface area contributed by atoms with Crippen LogP contribution in [-0.4, -0.2) is 10.9 Å². The Labute approximate surface area is 121 Å². The van der Waals surface area contributed by atoms with Gasteiger partial charge in [-0.2, -0.15) is 11.3 Å². The lowest BCUT2D eigenvalue weighted by Crippen LogP contribution is -2.36. The molecule has 1 aromatic heterocycles. The first-order chi connectivity index (χ1) is 9.09. The van der Waals surface area contributed by atoms with E-state index >= 15 is 0 Å². The van der Waals surface area contributed by atoms with Crippen LogP contribution in [-0.2, 0) is 0 Å². The average Bonchev–Trinajstić information content (AvgIpc) is 2.82. The number of nitrogens with two attached hydrogens (primary N) is 1. The van der Waals surface area contributed by atoms with Gasteiger partial charge in [0.2, 0.25) is 0 Å². The van der Waals surface area contributed by atoms with Crippen LogP contribution >= 0.6 is 23.6 Å². The largest absolute Gasteiger partial charge is 0.391 e. The third-order valence-electron chi connectivity index (χ3n) is 2.79. The SMILES string of the molecule is Cc1cscc1C(=O)NC(C(N)=S)c1ccccc1. The van der Waals surface area contributed by atoms with Crippen molar-refractivity contribution in [1.82, 2.24) is 5.32 Å². The molecule has 3 nitrogen and oxygen atoms in total. The Morgan fingerprint density at radius 1 is 1.32 bits per heavy atom. The first-order valence-corrected chi connectivity index (χ1v) is 7.12. The topological polar surface area (TPSA) is 55.1 Å². The summed E-state index contributed by atoms with van der Waals surface area (Å²) in [5, 5.41) is 6.64. The summed E-state index contributed by atoms with van der Waals surface area (Å²) in [4.78, 5) is 12.5. The van der Waals surface area contributed by atoms with Crippen LogP contribution < -0.4 is 11.1 Å². The Kier molecular flexibility index (Phi) is 4.29. The fourth-order valence-electron chi connectivity index (χ4n) is 1.77. The molecule has 0 spiro atoms. The van der Waals surface area contributed by atoms with Gasteiger partial charge in [0.15, 0.2) is 0 Å². The van der Waals surface area contributed by atoms with Crippen molar-refractivity contribution >= 4 is 34.5 Å². The van der Waals surface area contributed by atoms with Crippen molar-refractivity contribution < 1.29 is 4.79 Å². The van der Waals surface area contributed by atoms with Crippen LogP contribution in [0.1, 0.15) is 27.5 Å². The molecule has 0 saturated carbocycles. The molecule has 98 valence electrons. The van der Waals surface area contributed by atoms with Crippen LogP contribution in [0.2, 0.25) is 0 Å². The number of thiophene rings is 1. The van der Waals surface area contributed by atoms with Gasteiger partial charge in [0.1, 0.15) is 11.0 Å². The highest BCUT2D eigenvalue weighted by molar-refractivity contribution is 7.80. The van der Waals surface area contributed by atoms with Crippen molar-refractivity contribution in [3.8, 4) is 0 Å². The summed E-state index contributed by atoms with van der Waals surface area (Å²) < 4.78 is 0. The van der Waals surface area contributed by atoms with Crippen molar-refractivity contribution in [1.29, 1.82) is 0 Å². The minimum absolute atomic E-state index is 0.152. The van der Waals surface area contributed by atoms with E-state index in [4.69, 9.17) is 18.0 Å². The Morgan fingerprint density at radius 2 is 2.00 bits per heavy atom. The van der Waals surface area contributed by atoms with Crippen LogP contribution in [0, 0.1) is 6.92 Å². The summed E-state index contributed by atoms with van der Waals surface area (Å²) in [5.74, 6) is -0.152. The molecule has 1 aromatic carbocycles. The molecule has 0 fully saturated rings. The molecule has 1 heterocycles. The van der Waals surface area contributed by atoms with E-state index in [1.54, 1.807) is 0 Å². The fraction of sp³-hybridized carbons (Fsp3) is 0.143. The number of hydrogen-bond acceptors (Lipinski definition) is 3. The molecule has 0 saturated heterocycles. The molecule has 19 heavy (non-hydrogen) atoms. The molecular formula is C14H14N2OS2. The molecule has 0 aliphatic carbocycles. The Balaban J connectivity index is 2.21.